The Hall–Kier alpha value is -2.10. The molecule has 0 bridgehead atoms. The maximum absolute atomic E-state index is 12.6. The number of carbonyl (C=O) groups excluding carboxylic acids is 2. The fourth-order valence-corrected chi connectivity index (χ4v) is 3.85. The summed E-state index contributed by atoms with van der Waals surface area (Å²) in [5.74, 6) is -0.575. The Morgan fingerprint density at radius 1 is 1.20 bits per heavy atom. The quantitative estimate of drug-likeness (QED) is 0.411. The number of hydrogen-bond acceptors (Lipinski definition) is 4. The fraction of sp³-hybridized carbons (Fsp3) is 0.375. The van der Waals surface area contributed by atoms with Crippen LogP contribution in [0.3, 0.4) is 0 Å². The number of benzene rings is 1. The molecule has 2 heterocycles. The van der Waals surface area contributed by atoms with Gasteiger partial charge in [0.05, 0.1) is 12.5 Å². The zero-order valence-corrected chi connectivity index (χ0v) is 10.9. The first-order valence-corrected chi connectivity index (χ1v) is 6.89. The molecule has 0 aromatic heterocycles. The summed E-state index contributed by atoms with van der Waals surface area (Å²) in [5.41, 5.74) is -0.0949. The van der Waals surface area contributed by atoms with E-state index < -0.39 is 11.3 Å². The van der Waals surface area contributed by atoms with E-state index in [1.54, 1.807) is 6.07 Å². The van der Waals surface area contributed by atoms with Crippen molar-refractivity contribution < 1.29 is 19.1 Å². The summed E-state index contributed by atoms with van der Waals surface area (Å²) < 4.78 is 10.7. The van der Waals surface area contributed by atoms with E-state index in [0.29, 0.717) is 18.8 Å². The van der Waals surface area contributed by atoms with E-state index >= 15 is 0 Å². The second-order valence-electron chi connectivity index (χ2n) is 5.53. The SMILES string of the molecule is O=C1Oc2ccccc2[C@@]23C(=O)OCC[C@@H]2C=CC[C@@H]13. The number of fused-ring (bicyclic) bond motifs is 1. The van der Waals surface area contributed by atoms with E-state index in [0.717, 1.165) is 12.0 Å². The van der Waals surface area contributed by atoms with Crippen molar-refractivity contribution in [3.8, 4) is 5.75 Å². The summed E-state index contributed by atoms with van der Waals surface area (Å²) >= 11 is 0. The van der Waals surface area contributed by atoms with Gasteiger partial charge in [-0.1, -0.05) is 30.4 Å². The average Bonchev–Trinajstić information content (AvgIpc) is 2.47. The van der Waals surface area contributed by atoms with Crippen molar-refractivity contribution in [3.63, 3.8) is 0 Å². The van der Waals surface area contributed by atoms with Gasteiger partial charge in [-0.05, 0) is 18.9 Å². The molecule has 1 aliphatic carbocycles. The molecule has 0 unspecified atom stereocenters. The first-order chi connectivity index (χ1) is 9.74. The van der Waals surface area contributed by atoms with Gasteiger partial charge < -0.3 is 9.47 Å². The second kappa shape index (κ2) is 3.95. The number of esters is 2. The van der Waals surface area contributed by atoms with Gasteiger partial charge in [-0.25, -0.2) is 0 Å². The number of cyclic esters (lactones) is 1. The van der Waals surface area contributed by atoms with Gasteiger partial charge >= 0.3 is 11.9 Å². The summed E-state index contributed by atoms with van der Waals surface area (Å²) in [7, 11) is 0. The van der Waals surface area contributed by atoms with Crippen molar-refractivity contribution in [1.29, 1.82) is 0 Å². The van der Waals surface area contributed by atoms with Crippen LogP contribution in [0.25, 0.3) is 0 Å². The van der Waals surface area contributed by atoms with Gasteiger partial charge in [-0.2, -0.15) is 0 Å². The van der Waals surface area contributed by atoms with Gasteiger partial charge in [0, 0.05) is 11.5 Å². The molecule has 1 saturated heterocycles. The third kappa shape index (κ3) is 1.26. The van der Waals surface area contributed by atoms with Crippen LogP contribution in [0.1, 0.15) is 18.4 Å². The van der Waals surface area contributed by atoms with Crippen molar-refractivity contribution in [1.82, 2.24) is 0 Å². The predicted molar refractivity (Wildman–Crippen MR) is 70.1 cm³/mol. The standard InChI is InChI=1S/C16H14O4/c17-14-12-6-3-4-10-8-9-19-15(18)16(10,12)11-5-1-2-7-13(11)20-14/h1-5,7,10,12H,6,8-9H2/t10-,12-,16-/m0/s1. The largest absolute Gasteiger partial charge is 0.465 e. The van der Waals surface area contributed by atoms with Crippen LogP contribution in [0, 0.1) is 11.8 Å². The number of para-hydroxylation sites is 1. The van der Waals surface area contributed by atoms with Crippen LogP contribution in [-0.4, -0.2) is 18.5 Å². The molecule has 20 heavy (non-hydrogen) atoms. The highest BCUT2D eigenvalue weighted by molar-refractivity contribution is 5.95. The highest BCUT2D eigenvalue weighted by Crippen LogP contribution is 2.54. The topological polar surface area (TPSA) is 52.6 Å². The van der Waals surface area contributed by atoms with Crippen LogP contribution >= 0.6 is 0 Å². The molecule has 102 valence electrons. The fourth-order valence-electron chi connectivity index (χ4n) is 3.85. The molecule has 4 heteroatoms. The average molecular weight is 270 g/mol. The summed E-state index contributed by atoms with van der Waals surface area (Å²) in [6.07, 6.45) is 5.33. The minimum absolute atomic E-state index is 0.0106. The van der Waals surface area contributed by atoms with Crippen LogP contribution in [0.4, 0.5) is 0 Å². The van der Waals surface area contributed by atoms with Crippen LogP contribution in [0.2, 0.25) is 0 Å². The molecular formula is C16H14O4. The van der Waals surface area contributed by atoms with E-state index in [1.807, 2.05) is 24.3 Å². The van der Waals surface area contributed by atoms with Gasteiger partial charge in [0.25, 0.3) is 0 Å². The van der Waals surface area contributed by atoms with Gasteiger partial charge in [-0.15, -0.1) is 0 Å². The number of allylic oxidation sites excluding steroid dienone is 2. The monoisotopic (exact) mass is 270 g/mol. The van der Waals surface area contributed by atoms with E-state index in [9.17, 15) is 9.59 Å². The molecule has 2 aliphatic heterocycles. The third-order valence-electron chi connectivity index (χ3n) is 4.70. The van der Waals surface area contributed by atoms with Gasteiger partial charge in [-0.3, -0.25) is 9.59 Å². The van der Waals surface area contributed by atoms with E-state index in [2.05, 4.69) is 6.08 Å². The van der Waals surface area contributed by atoms with Gasteiger partial charge in [0.2, 0.25) is 0 Å². The minimum Gasteiger partial charge on any atom is -0.465 e. The summed E-state index contributed by atoms with van der Waals surface area (Å²) in [5, 5.41) is 0. The van der Waals surface area contributed by atoms with E-state index in [1.165, 1.54) is 0 Å². The Morgan fingerprint density at radius 3 is 2.95 bits per heavy atom. The molecule has 1 fully saturated rings. The molecule has 1 spiro atoms. The van der Waals surface area contributed by atoms with Crippen molar-refractivity contribution in [2.45, 2.75) is 18.3 Å². The lowest BCUT2D eigenvalue weighted by atomic mass is 9.56. The Kier molecular flexibility index (Phi) is 2.31. The molecule has 0 saturated carbocycles. The maximum atomic E-state index is 12.6. The molecule has 1 aromatic rings. The lowest BCUT2D eigenvalue weighted by molar-refractivity contribution is -0.171. The van der Waals surface area contributed by atoms with Crippen LogP contribution in [-0.2, 0) is 19.7 Å². The molecule has 3 atom stereocenters. The second-order valence-corrected chi connectivity index (χ2v) is 5.53. The Balaban J connectivity index is 2.03. The van der Waals surface area contributed by atoms with Crippen molar-refractivity contribution >= 4 is 11.9 Å². The van der Waals surface area contributed by atoms with Crippen LogP contribution in [0.15, 0.2) is 36.4 Å². The summed E-state index contributed by atoms with van der Waals surface area (Å²) in [6, 6.07) is 7.31. The number of rotatable bonds is 0. The normalized spacial score (nSPS) is 34.4. The molecule has 4 nitrogen and oxygen atoms in total. The number of ether oxygens (including phenoxy) is 2. The molecule has 3 aliphatic rings. The Bertz CT molecular complexity index is 633. The van der Waals surface area contributed by atoms with Crippen molar-refractivity contribution in [2.75, 3.05) is 6.61 Å². The molecule has 0 radical (unpaired) electrons. The van der Waals surface area contributed by atoms with Gasteiger partial charge in [0.15, 0.2) is 0 Å². The minimum atomic E-state index is -0.890. The van der Waals surface area contributed by atoms with Crippen LogP contribution < -0.4 is 4.74 Å². The predicted octanol–water partition coefficient (Wildman–Crippen LogP) is 1.98. The lowest BCUT2D eigenvalue weighted by Gasteiger charge is -2.49. The Labute approximate surface area is 116 Å². The highest BCUT2D eigenvalue weighted by Gasteiger charge is 2.62. The van der Waals surface area contributed by atoms with Crippen molar-refractivity contribution in [2.24, 2.45) is 11.8 Å². The third-order valence-corrected chi connectivity index (χ3v) is 4.70. The molecule has 0 N–H and O–H groups in total. The highest BCUT2D eigenvalue weighted by atomic mass is 16.5. The van der Waals surface area contributed by atoms with Crippen molar-refractivity contribution in [3.05, 3.63) is 42.0 Å². The van der Waals surface area contributed by atoms with Gasteiger partial charge in [0.1, 0.15) is 11.2 Å². The van der Waals surface area contributed by atoms with E-state index in [4.69, 9.17) is 9.47 Å². The molecule has 0 amide bonds. The first-order valence-electron chi connectivity index (χ1n) is 6.89. The maximum Gasteiger partial charge on any atom is 0.318 e. The zero-order valence-electron chi connectivity index (χ0n) is 10.9. The van der Waals surface area contributed by atoms with E-state index in [-0.39, 0.29) is 17.9 Å². The molecular weight excluding hydrogens is 256 g/mol. The Morgan fingerprint density at radius 2 is 2.05 bits per heavy atom. The molecule has 1 aromatic carbocycles. The van der Waals surface area contributed by atoms with Crippen LogP contribution in [0.5, 0.6) is 5.75 Å². The zero-order chi connectivity index (χ0) is 13.7. The summed E-state index contributed by atoms with van der Waals surface area (Å²) in [6.45, 7) is 0.416. The smallest absolute Gasteiger partial charge is 0.318 e. The lowest BCUT2D eigenvalue weighted by Crippen LogP contribution is -2.59. The molecule has 4 rings (SSSR count). The number of carbonyl (C=O) groups is 2. The number of hydrogen-bond donors (Lipinski definition) is 0. The first kappa shape index (κ1) is 11.7. The summed E-state index contributed by atoms with van der Waals surface area (Å²) in [4.78, 5) is 25.0.